The van der Waals surface area contributed by atoms with Crippen LogP contribution in [-0.4, -0.2) is 14.6 Å². The van der Waals surface area contributed by atoms with E-state index in [9.17, 15) is 0 Å². The zero-order chi connectivity index (χ0) is 9.38. The molecule has 0 saturated heterocycles. The Balaban J connectivity index is 2.23. The lowest BCUT2D eigenvalue weighted by atomic mass is 10.1. The molecule has 14 heavy (non-hydrogen) atoms. The number of benzene rings is 1. The SMILES string of the molecule is c1cc2cn[nH]c2cc1-c1cnsc1. The van der Waals surface area contributed by atoms with Crippen molar-refractivity contribution in [3.05, 3.63) is 36.0 Å². The third kappa shape index (κ3) is 1.12. The minimum absolute atomic E-state index is 1.06. The average molecular weight is 201 g/mol. The molecule has 0 aliphatic carbocycles. The maximum absolute atomic E-state index is 4.08. The second kappa shape index (κ2) is 2.92. The molecule has 1 aromatic carbocycles. The van der Waals surface area contributed by atoms with Gasteiger partial charge in [0.1, 0.15) is 0 Å². The van der Waals surface area contributed by atoms with E-state index >= 15 is 0 Å². The second-order valence-corrected chi connectivity index (χ2v) is 3.74. The van der Waals surface area contributed by atoms with Crippen molar-refractivity contribution in [2.75, 3.05) is 0 Å². The quantitative estimate of drug-likeness (QED) is 0.657. The third-order valence-electron chi connectivity index (χ3n) is 2.21. The monoisotopic (exact) mass is 201 g/mol. The molecule has 0 atom stereocenters. The number of fused-ring (bicyclic) bond motifs is 1. The highest BCUT2D eigenvalue weighted by Crippen LogP contribution is 2.23. The van der Waals surface area contributed by atoms with Gasteiger partial charge in [0.15, 0.2) is 0 Å². The van der Waals surface area contributed by atoms with Crippen molar-refractivity contribution in [1.82, 2.24) is 14.6 Å². The molecular formula is C10H7N3S. The van der Waals surface area contributed by atoms with Gasteiger partial charge in [0.05, 0.1) is 11.7 Å². The summed E-state index contributed by atoms with van der Waals surface area (Å²) in [4.78, 5) is 0. The van der Waals surface area contributed by atoms with E-state index in [-0.39, 0.29) is 0 Å². The zero-order valence-electron chi connectivity index (χ0n) is 7.27. The van der Waals surface area contributed by atoms with Crippen molar-refractivity contribution in [2.24, 2.45) is 0 Å². The van der Waals surface area contributed by atoms with E-state index in [2.05, 4.69) is 32.8 Å². The lowest BCUT2D eigenvalue weighted by Gasteiger charge is -1.95. The van der Waals surface area contributed by atoms with Crippen LogP contribution in [0.4, 0.5) is 0 Å². The molecule has 3 aromatic rings. The average Bonchev–Trinajstić information content (AvgIpc) is 2.88. The molecule has 4 heteroatoms. The Bertz CT molecular complexity index is 554. The van der Waals surface area contributed by atoms with Crippen molar-refractivity contribution in [1.29, 1.82) is 0 Å². The number of hydrogen-bond donors (Lipinski definition) is 1. The Hall–Kier alpha value is -1.68. The van der Waals surface area contributed by atoms with Crippen molar-refractivity contribution in [2.45, 2.75) is 0 Å². The molecule has 0 amide bonds. The van der Waals surface area contributed by atoms with Gasteiger partial charge in [0.25, 0.3) is 0 Å². The van der Waals surface area contributed by atoms with Crippen LogP contribution >= 0.6 is 11.5 Å². The van der Waals surface area contributed by atoms with Gasteiger partial charge in [0.2, 0.25) is 0 Å². The third-order valence-corrected chi connectivity index (χ3v) is 2.79. The summed E-state index contributed by atoms with van der Waals surface area (Å²) < 4.78 is 4.08. The Labute approximate surface area is 84.6 Å². The highest BCUT2D eigenvalue weighted by molar-refractivity contribution is 7.03. The molecule has 0 unspecified atom stereocenters. The van der Waals surface area contributed by atoms with Crippen LogP contribution in [0.3, 0.4) is 0 Å². The molecule has 0 bridgehead atoms. The molecule has 1 N–H and O–H groups in total. The van der Waals surface area contributed by atoms with Crippen molar-refractivity contribution in [3.63, 3.8) is 0 Å². The molecule has 68 valence electrons. The molecule has 2 heterocycles. The number of nitrogens with zero attached hydrogens (tertiary/aromatic N) is 2. The molecule has 3 nitrogen and oxygen atoms in total. The molecule has 0 radical (unpaired) electrons. The van der Waals surface area contributed by atoms with Gasteiger partial charge in [-0.1, -0.05) is 12.1 Å². The summed E-state index contributed by atoms with van der Waals surface area (Å²) in [6, 6.07) is 6.24. The molecular weight excluding hydrogens is 194 g/mol. The normalized spacial score (nSPS) is 10.9. The first kappa shape index (κ1) is 7.70. The molecule has 0 saturated carbocycles. The van der Waals surface area contributed by atoms with Crippen LogP contribution in [0.1, 0.15) is 0 Å². The van der Waals surface area contributed by atoms with E-state index in [1.54, 1.807) is 0 Å². The standard InChI is InChI=1S/C10H7N3S/c1-2-8-4-11-13-10(8)3-7(1)9-5-12-14-6-9/h1-6H,(H,11,13). The predicted molar refractivity (Wildman–Crippen MR) is 57.2 cm³/mol. The molecule has 0 aliphatic rings. The molecule has 0 fully saturated rings. The summed E-state index contributed by atoms with van der Waals surface area (Å²) in [6.07, 6.45) is 3.70. The number of aromatic amines is 1. The Kier molecular flexibility index (Phi) is 1.61. The summed E-state index contributed by atoms with van der Waals surface area (Å²) in [5, 5.41) is 10.1. The van der Waals surface area contributed by atoms with Gasteiger partial charge in [-0.05, 0) is 23.2 Å². The van der Waals surface area contributed by atoms with Crippen LogP contribution in [0.15, 0.2) is 36.0 Å². The lowest BCUT2D eigenvalue weighted by molar-refractivity contribution is 1.12. The van der Waals surface area contributed by atoms with Gasteiger partial charge in [-0.15, -0.1) is 0 Å². The summed E-state index contributed by atoms with van der Waals surface area (Å²) in [7, 11) is 0. The van der Waals surface area contributed by atoms with Gasteiger partial charge in [0, 0.05) is 22.5 Å². The molecule has 0 aliphatic heterocycles. The van der Waals surface area contributed by atoms with Gasteiger partial charge < -0.3 is 0 Å². The van der Waals surface area contributed by atoms with Crippen molar-refractivity contribution >= 4 is 22.4 Å². The molecule has 0 spiro atoms. The lowest BCUT2D eigenvalue weighted by Crippen LogP contribution is -1.74. The molecule has 3 rings (SSSR count). The van der Waals surface area contributed by atoms with E-state index in [0.29, 0.717) is 0 Å². The maximum Gasteiger partial charge on any atom is 0.0656 e. The number of hydrogen-bond acceptors (Lipinski definition) is 3. The van der Waals surface area contributed by atoms with Crippen molar-refractivity contribution < 1.29 is 0 Å². The fourth-order valence-electron chi connectivity index (χ4n) is 1.46. The minimum Gasteiger partial charge on any atom is -0.278 e. The smallest absolute Gasteiger partial charge is 0.0656 e. The number of rotatable bonds is 1. The van der Waals surface area contributed by atoms with Crippen LogP contribution in [-0.2, 0) is 0 Å². The van der Waals surface area contributed by atoms with Crippen LogP contribution in [0.2, 0.25) is 0 Å². The van der Waals surface area contributed by atoms with E-state index in [0.717, 1.165) is 16.5 Å². The van der Waals surface area contributed by atoms with E-state index in [4.69, 9.17) is 0 Å². The van der Waals surface area contributed by atoms with Gasteiger partial charge in [-0.25, -0.2) is 4.37 Å². The summed E-state index contributed by atoms with van der Waals surface area (Å²) in [5.74, 6) is 0. The minimum atomic E-state index is 1.06. The van der Waals surface area contributed by atoms with E-state index in [1.165, 1.54) is 17.1 Å². The number of aromatic nitrogens is 3. The Morgan fingerprint density at radius 3 is 3.00 bits per heavy atom. The Morgan fingerprint density at radius 1 is 1.14 bits per heavy atom. The van der Waals surface area contributed by atoms with E-state index in [1.807, 2.05) is 17.8 Å². The van der Waals surface area contributed by atoms with Crippen LogP contribution in [0.25, 0.3) is 22.0 Å². The fraction of sp³-hybridized carbons (Fsp3) is 0. The second-order valence-electron chi connectivity index (χ2n) is 3.09. The largest absolute Gasteiger partial charge is 0.278 e. The molecule has 2 aromatic heterocycles. The summed E-state index contributed by atoms with van der Waals surface area (Å²) >= 11 is 1.47. The van der Waals surface area contributed by atoms with Crippen LogP contribution in [0.5, 0.6) is 0 Å². The van der Waals surface area contributed by atoms with Crippen LogP contribution < -0.4 is 0 Å². The van der Waals surface area contributed by atoms with Gasteiger partial charge in [-0.2, -0.15) is 5.10 Å². The predicted octanol–water partition coefficient (Wildman–Crippen LogP) is 2.69. The summed E-state index contributed by atoms with van der Waals surface area (Å²) in [6.45, 7) is 0. The number of nitrogens with one attached hydrogen (secondary N) is 1. The summed E-state index contributed by atoms with van der Waals surface area (Å²) in [5.41, 5.74) is 3.40. The van der Waals surface area contributed by atoms with Gasteiger partial charge in [-0.3, -0.25) is 5.10 Å². The Morgan fingerprint density at radius 2 is 2.14 bits per heavy atom. The first-order valence-corrected chi connectivity index (χ1v) is 5.10. The first-order chi connectivity index (χ1) is 6.93. The maximum atomic E-state index is 4.08. The first-order valence-electron chi connectivity index (χ1n) is 4.26. The van der Waals surface area contributed by atoms with Gasteiger partial charge >= 0.3 is 0 Å². The topological polar surface area (TPSA) is 41.6 Å². The fourth-order valence-corrected chi connectivity index (χ4v) is 2.01. The highest BCUT2D eigenvalue weighted by Gasteiger charge is 2.01. The highest BCUT2D eigenvalue weighted by atomic mass is 32.1. The van der Waals surface area contributed by atoms with Crippen LogP contribution in [0, 0.1) is 0 Å². The van der Waals surface area contributed by atoms with Crippen molar-refractivity contribution in [3.8, 4) is 11.1 Å². The number of H-pyrrole nitrogens is 1. The van der Waals surface area contributed by atoms with E-state index < -0.39 is 0 Å². The zero-order valence-corrected chi connectivity index (χ0v) is 8.08.